The highest BCUT2D eigenvalue weighted by Gasteiger charge is 2.27. The number of oxime groups is 1. The van der Waals surface area contributed by atoms with Crippen LogP contribution in [0.3, 0.4) is 0 Å². The molecule has 0 aromatic heterocycles. The number of rotatable bonds is 12. The third-order valence-corrected chi connectivity index (χ3v) is 4.20. The van der Waals surface area contributed by atoms with Gasteiger partial charge in [0.15, 0.2) is 30.0 Å². The summed E-state index contributed by atoms with van der Waals surface area (Å²) in [6, 6.07) is 7.95. The molecule has 0 aliphatic heterocycles. The van der Waals surface area contributed by atoms with E-state index in [1.54, 1.807) is 38.1 Å². The van der Waals surface area contributed by atoms with Crippen LogP contribution in [0.4, 0.5) is 5.69 Å². The van der Waals surface area contributed by atoms with Crippen molar-refractivity contribution < 1.29 is 34.1 Å². The molecule has 0 radical (unpaired) electrons. The normalized spacial score (nSPS) is 12.0. The molecule has 11 nitrogen and oxygen atoms in total. The Morgan fingerprint density at radius 3 is 2.09 bits per heavy atom. The van der Waals surface area contributed by atoms with Crippen LogP contribution in [0.2, 0.25) is 0 Å². The first-order valence-electron chi connectivity index (χ1n) is 9.72. The van der Waals surface area contributed by atoms with Crippen LogP contribution < -0.4 is 31.0 Å². The van der Waals surface area contributed by atoms with Crippen LogP contribution in [0.5, 0.6) is 17.2 Å². The van der Waals surface area contributed by atoms with Crippen molar-refractivity contribution in [2.75, 3.05) is 25.1 Å². The molecule has 1 unspecified atom stereocenters. The molecular formula is C21H26N4O7. The number of carbonyl (C=O) groups excluding carboxylic acids is 1. The Balaban J connectivity index is 2.50. The SMILES string of the molecule is CCOc1cc(OCC(N)=O)c(C(Nc2ccc(C(N)=NO)cc2)C(=O)O)cc1OCC. The first kappa shape index (κ1) is 24.1. The maximum atomic E-state index is 12.1. The molecule has 0 saturated heterocycles. The number of benzene rings is 2. The van der Waals surface area contributed by atoms with Crippen LogP contribution in [0.15, 0.2) is 41.6 Å². The third kappa shape index (κ3) is 6.17. The highest BCUT2D eigenvalue weighted by Crippen LogP contribution is 2.39. The summed E-state index contributed by atoms with van der Waals surface area (Å²) >= 11 is 0. The number of amides is 1. The third-order valence-electron chi connectivity index (χ3n) is 4.20. The summed E-state index contributed by atoms with van der Waals surface area (Å²) in [5.41, 5.74) is 11.8. The number of amidine groups is 1. The molecule has 0 aliphatic carbocycles. The molecule has 0 spiro atoms. The van der Waals surface area contributed by atoms with Gasteiger partial charge < -0.3 is 41.3 Å². The number of nitrogens with two attached hydrogens (primary N) is 2. The number of nitrogens with one attached hydrogen (secondary N) is 1. The maximum Gasteiger partial charge on any atom is 0.330 e. The zero-order chi connectivity index (χ0) is 23.7. The minimum Gasteiger partial charge on any atom is -0.490 e. The van der Waals surface area contributed by atoms with E-state index in [1.165, 1.54) is 12.1 Å². The summed E-state index contributed by atoms with van der Waals surface area (Å²) in [5.74, 6) is -1.25. The van der Waals surface area contributed by atoms with Gasteiger partial charge in [0.25, 0.3) is 5.91 Å². The maximum absolute atomic E-state index is 12.1. The van der Waals surface area contributed by atoms with Crippen molar-refractivity contribution in [3.05, 3.63) is 47.5 Å². The lowest BCUT2D eigenvalue weighted by Gasteiger charge is -2.22. The fourth-order valence-electron chi connectivity index (χ4n) is 2.83. The van der Waals surface area contributed by atoms with Crippen molar-refractivity contribution in [1.29, 1.82) is 0 Å². The monoisotopic (exact) mass is 446 g/mol. The molecule has 32 heavy (non-hydrogen) atoms. The Kier molecular flexibility index (Phi) is 8.52. The van der Waals surface area contributed by atoms with Crippen molar-refractivity contribution in [2.24, 2.45) is 16.6 Å². The van der Waals surface area contributed by atoms with Gasteiger partial charge in [0.1, 0.15) is 5.75 Å². The van der Waals surface area contributed by atoms with Crippen LogP contribution in [-0.2, 0) is 9.59 Å². The highest BCUT2D eigenvalue weighted by atomic mass is 16.5. The number of ether oxygens (including phenoxy) is 3. The van der Waals surface area contributed by atoms with Gasteiger partial charge in [-0.25, -0.2) is 4.79 Å². The number of anilines is 1. The molecule has 1 amide bonds. The largest absolute Gasteiger partial charge is 0.490 e. The fraction of sp³-hybridized carbons (Fsp3) is 0.286. The Labute approximate surface area is 184 Å². The lowest BCUT2D eigenvalue weighted by molar-refractivity contribution is -0.138. The zero-order valence-electron chi connectivity index (χ0n) is 17.7. The second-order valence-electron chi connectivity index (χ2n) is 6.44. The average Bonchev–Trinajstić information content (AvgIpc) is 2.77. The van der Waals surface area contributed by atoms with E-state index >= 15 is 0 Å². The Morgan fingerprint density at radius 1 is 1.00 bits per heavy atom. The molecule has 11 heteroatoms. The molecule has 0 bridgehead atoms. The van der Waals surface area contributed by atoms with E-state index in [1.807, 2.05) is 0 Å². The van der Waals surface area contributed by atoms with Gasteiger partial charge in [-0.15, -0.1) is 0 Å². The van der Waals surface area contributed by atoms with Crippen molar-refractivity contribution in [2.45, 2.75) is 19.9 Å². The van der Waals surface area contributed by atoms with Gasteiger partial charge in [0, 0.05) is 22.9 Å². The second kappa shape index (κ2) is 11.3. The number of aliphatic carboxylic acids is 1. The number of nitrogens with zero attached hydrogens (tertiary/aromatic N) is 1. The highest BCUT2D eigenvalue weighted by molar-refractivity contribution is 5.97. The number of carboxylic acid groups (broad SMARTS) is 1. The molecule has 2 aromatic carbocycles. The fourth-order valence-corrected chi connectivity index (χ4v) is 2.83. The summed E-state index contributed by atoms with van der Waals surface area (Å²) in [6.45, 7) is 3.77. The van der Waals surface area contributed by atoms with E-state index < -0.39 is 24.5 Å². The van der Waals surface area contributed by atoms with Crippen LogP contribution >= 0.6 is 0 Å². The molecule has 0 aliphatic rings. The molecule has 172 valence electrons. The van der Waals surface area contributed by atoms with Crippen LogP contribution in [0.25, 0.3) is 0 Å². The van der Waals surface area contributed by atoms with Crippen molar-refractivity contribution in [3.63, 3.8) is 0 Å². The van der Waals surface area contributed by atoms with E-state index in [4.69, 9.17) is 30.9 Å². The Morgan fingerprint density at radius 2 is 1.59 bits per heavy atom. The van der Waals surface area contributed by atoms with E-state index in [-0.39, 0.29) is 17.1 Å². The molecule has 0 saturated carbocycles. The van der Waals surface area contributed by atoms with Crippen molar-refractivity contribution in [1.82, 2.24) is 0 Å². The number of carbonyl (C=O) groups is 2. The minimum atomic E-state index is -1.28. The Hall–Kier alpha value is -4.15. The predicted molar refractivity (Wildman–Crippen MR) is 116 cm³/mol. The molecule has 0 fully saturated rings. The predicted octanol–water partition coefficient (Wildman–Crippen LogP) is 1.68. The molecule has 2 rings (SSSR count). The van der Waals surface area contributed by atoms with Crippen molar-refractivity contribution >= 4 is 23.4 Å². The van der Waals surface area contributed by atoms with Gasteiger partial charge >= 0.3 is 5.97 Å². The number of primary amides is 1. The van der Waals surface area contributed by atoms with Gasteiger partial charge in [0.05, 0.1) is 13.2 Å². The van der Waals surface area contributed by atoms with E-state index in [9.17, 15) is 14.7 Å². The van der Waals surface area contributed by atoms with Gasteiger partial charge in [0.2, 0.25) is 0 Å². The lowest BCUT2D eigenvalue weighted by Crippen LogP contribution is -2.24. The van der Waals surface area contributed by atoms with Crippen molar-refractivity contribution in [3.8, 4) is 17.2 Å². The number of hydrogen-bond donors (Lipinski definition) is 5. The number of hydrogen-bond acceptors (Lipinski definition) is 8. The molecule has 2 aromatic rings. The molecule has 0 heterocycles. The molecule has 7 N–H and O–H groups in total. The number of carboxylic acids is 1. The smallest absolute Gasteiger partial charge is 0.330 e. The summed E-state index contributed by atoms with van der Waals surface area (Å²) in [6.07, 6.45) is 0. The molecular weight excluding hydrogens is 420 g/mol. The summed E-state index contributed by atoms with van der Waals surface area (Å²) in [4.78, 5) is 23.4. The van der Waals surface area contributed by atoms with Gasteiger partial charge in [-0.2, -0.15) is 0 Å². The van der Waals surface area contributed by atoms with Gasteiger partial charge in [-0.3, -0.25) is 4.79 Å². The van der Waals surface area contributed by atoms with Crippen LogP contribution in [-0.4, -0.2) is 47.8 Å². The molecule has 1 atom stereocenters. The quantitative estimate of drug-likeness (QED) is 0.140. The van der Waals surface area contributed by atoms with Gasteiger partial charge in [-0.1, -0.05) is 5.16 Å². The Bertz CT molecular complexity index is 977. The minimum absolute atomic E-state index is 0.0821. The standard InChI is InChI=1S/C21H26N4O7/c1-3-30-16-9-14(15(32-11-18(22)26)10-17(16)31-4-2)19(21(27)28)24-13-7-5-12(6-8-13)20(23)25-29/h5-10,19,24,29H,3-4,11H2,1-2H3,(H2,22,26)(H2,23,25)(H,27,28). The van der Waals surface area contributed by atoms with E-state index in [0.717, 1.165) is 0 Å². The summed E-state index contributed by atoms with van der Waals surface area (Å²) in [5, 5.41) is 24.5. The lowest BCUT2D eigenvalue weighted by atomic mass is 10.0. The van der Waals surface area contributed by atoms with Crippen LogP contribution in [0.1, 0.15) is 31.0 Å². The first-order valence-corrected chi connectivity index (χ1v) is 9.72. The average molecular weight is 446 g/mol. The van der Waals surface area contributed by atoms with E-state index in [2.05, 4.69) is 10.5 Å². The van der Waals surface area contributed by atoms with E-state index in [0.29, 0.717) is 36.0 Å². The van der Waals surface area contributed by atoms with Crippen LogP contribution in [0, 0.1) is 0 Å². The summed E-state index contributed by atoms with van der Waals surface area (Å²) < 4.78 is 16.6. The van der Waals surface area contributed by atoms with Gasteiger partial charge in [-0.05, 0) is 44.2 Å². The second-order valence-corrected chi connectivity index (χ2v) is 6.44. The zero-order valence-corrected chi connectivity index (χ0v) is 17.7. The first-order chi connectivity index (χ1) is 15.3. The topological polar surface area (TPSA) is 179 Å². The summed E-state index contributed by atoms with van der Waals surface area (Å²) in [7, 11) is 0.